The fourth-order valence-electron chi connectivity index (χ4n) is 2.18. The molecule has 0 unspecified atom stereocenters. The molecule has 3 aromatic rings. The lowest BCUT2D eigenvalue weighted by atomic mass is 10.1. The summed E-state index contributed by atoms with van der Waals surface area (Å²) >= 11 is 0. The molecule has 3 rings (SSSR count). The number of carbonyl (C=O) groups excluding carboxylic acids is 1. The van der Waals surface area contributed by atoms with E-state index in [1.54, 1.807) is 30.3 Å². The monoisotopic (exact) mass is 354 g/mol. The largest absolute Gasteiger partial charge is 0.423 e. The van der Waals surface area contributed by atoms with Crippen molar-refractivity contribution >= 4 is 26.9 Å². The number of hydrogen-bond donors (Lipinski definition) is 0. The first-order valence-corrected chi connectivity index (χ1v) is 8.81. The lowest BCUT2D eigenvalue weighted by Crippen LogP contribution is -2.06. The third-order valence-electron chi connectivity index (χ3n) is 3.36. The van der Waals surface area contributed by atoms with Gasteiger partial charge in [0.1, 0.15) is 16.9 Å². The van der Waals surface area contributed by atoms with E-state index in [2.05, 4.69) is 4.18 Å². The molecule has 0 amide bonds. The number of esters is 1. The van der Waals surface area contributed by atoms with Crippen molar-refractivity contribution < 1.29 is 22.1 Å². The Labute approximate surface area is 145 Å². The van der Waals surface area contributed by atoms with E-state index in [4.69, 9.17) is 4.74 Å². The summed E-state index contributed by atoms with van der Waals surface area (Å²) < 4.78 is 33.6. The van der Waals surface area contributed by atoms with Crippen LogP contribution >= 0.6 is 0 Å². The van der Waals surface area contributed by atoms with Crippen LogP contribution in [0.4, 0.5) is 0 Å². The second kappa shape index (κ2) is 7.19. The minimum atomic E-state index is -3.95. The predicted octanol–water partition coefficient (Wildman–Crippen LogP) is 3.66. The summed E-state index contributed by atoms with van der Waals surface area (Å²) in [6.45, 7) is 0. The van der Waals surface area contributed by atoms with Gasteiger partial charge in [-0.1, -0.05) is 48.5 Å². The fourth-order valence-corrected chi connectivity index (χ4v) is 2.98. The zero-order valence-corrected chi connectivity index (χ0v) is 13.8. The van der Waals surface area contributed by atoms with E-state index in [0.717, 1.165) is 23.1 Å². The van der Waals surface area contributed by atoms with Crippen LogP contribution in [-0.4, -0.2) is 14.4 Å². The van der Waals surface area contributed by atoms with Gasteiger partial charge in [0.15, 0.2) is 0 Å². The Kier molecular flexibility index (Phi) is 4.81. The maximum atomic E-state index is 11.9. The molecule has 0 fully saturated rings. The van der Waals surface area contributed by atoms with Gasteiger partial charge < -0.3 is 8.92 Å². The minimum absolute atomic E-state index is 0.00236. The zero-order chi connectivity index (χ0) is 17.7. The van der Waals surface area contributed by atoms with Crippen molar-refractivity contribution in [2.75, 3.05) is 0 Å². The molecule has 0 heterocycles. The van der Waals surface area contributed by atoms with E-state index < -0.39 is 16.1 Å². The number of hydrogen-bond acceptors (Lipinski definition) is 5. The highest BCUT2D eigenvalue weighted by atomic mass is 32.2. The number of rotatable bonds is 5. The Bertz CT molecular complexity index is 1020. The predicted molar refractivity (Wildman–Crippen MR) is 93.4 cm³/mol. The molecule has 0 aliphatic rings. The van der Waals surface area contributed by atoms with E-state index in [0.29, 0.717) is 5.75 Å². The lowest BCUT2D eigenvalue weighted by molar-refractivity contribution is -0.129. The number of ether oxygens (including phenoxy) is 1. The highest BCUT2D eigenvalue weighted by molar-refractivity contribution is 7.86. The van der Waals surface area contributed by atoms with Crippen LogP contribution in [0.5, 0.6) is 5.75 Å². The first-order valence-electron chi connectivity index (χ1n) is 7.40. The fraction of sp³-hybridized carbons (Fsp3) is 0. The standard InChI is InChI=1S/C19H14O5S/c20-19(12-13-23-25(21,22)18-8-2-1-3-9-18)24-17-11-10-15-6-4-5-7-16(15)14-17/h1-14H. The van der Waals surface area contributed by atoms with Crippen molar-refractivity contribution in [1.29, 1.82) is 0 Å². The summed E-state index contributed by atoms with van der Waals surface area (Å²) in [6, 6.07) is 20.5. The summed E-state index contributed by atoms with van der Waals surface area (Å²) in [5, 5.41) is 1.95. The van der Waals surface area contributed by atoms with Crippen LogP contribution in [0, 0.1) is 0 Å². The highest BCUT2D eigenvalue weighted by Crippen LogP contribution is 2.20. The van der Waals surface area contributed by atoms with Gasteiger partial charge in [0, 0.05) is 0 Å². The van der Waals surface area contributed by atoms with Gasteiger partial charge in [0.2, 0.25) is 0 Å². The molecule has 0 spiro atoms. The van der Waals surface area contributed by atoms with E-state index >= 15 is 0 Å². The van der Waals surface area contributed by atoms with Crippen LogP contribution in [-0.2, 0) is 19.1 Å². The number of carbonyl (C=O) groups is 1. The molecule has 0 radical (unpaired) electrons. The molecule has 0 aliphatic heterocycles. The Morgan fingerprint density at radius 1 is 0.840 bits per heavy atom. The van der Waals surface area contributed by atoms with Gasteiger partial charge in [0.05, 0.1) is 6.08 Å². The van der Waals surface area contributed by atoms with Crippen molar-refractivity contribution in [2.24, 2.45) is 0 Å². The molecular formula is C19H14O5S. The zero-order valence-electron chi connectivity index (χ0n) is 13.0. The Morgan fingerprint density at radius 2 is 1.52 bits per heavy atom. The van der Waals surface area contributed by atoms with E-state index in [9.17, 15) is 13.2 Å². The SMILES string of the molecule is O=C(C=COS(=O)(=O)c1ccccc1)Oc1ccc2ccccc2c1. The number of fused-ring (bicyclic) bond motifs is 1. The second-order valence-corrected chi connectivity index (χ2v) is 6.67. The first kappa shape index (κ1) is 16.7. The van der Waals surface area contributed by atoms with Crippen molar-refractivity contribution in [3.05, 3.63) is 85.1 Å². The molecule has 0 saturated carbocycles. The Morgan fingerprint density at radius 3 is 2.28 bits per heavy atom. The summed E-state index contributed by atoms with van der Waals surface area (Å²) in [7, 11) is -3.95. The van der Waals surface area contributed by atoms with Gasteiger partial charge in [-0.15, -0.1) is 0 Å². The second-order valence-electron chi connectivity index (χ2n) is 5.10. The molecule has 0 saturated heterocycles. The summed E-state index contributed by atoms with van der Waals surface area (Å²) in [5.74, 6) is -0.377. The van der Waals surface area contributed by atoms with Crippen LogP contribution in [0.3, 0.4) is 0 Å². The van der Waals surface area contributed by atoms with Crippen LogP contribution in [0.15, 0.2) is 90.0 Å². The Balaban J connectivity index is 1.64. The normalized spacial score (nSPS) is 11.5. The molecule has 0 N–H and O–H groups in total. The van der Waals surface area contributed by atoms with E-state index in [-0.39, 0.29) is 4.90 Å². The topological polar surface area (TPSA) is 69.7 Å². The molecule has 5 nitrogen and oxygen atoms in total. The van der Waals surface area contributed by atoms with Crippen molar-refractivity contribution in [3.8, 4) is 5.75 Å². The van der Waals surface area contributed by atoms with Crippen LogP contribution in [0.2, 0.25) is 0 Å². The molecule has 6 heteroatoms. The van der Waals surface area contributed by atoms with Gasteiger partial charge in [-0.2, -0.15) is 8.42 Å². The molecule has 0 aromatic heterocycles. The minimum Gasteiger partial charge on any atom is -0.423 e. The molecule has 3 aromatic carbocycles. The smallest absolute Gasteiger partial charge is 0.339 e. The number of benzene rings is 3. The van der Waals surface area contributed by atoms with Gasteiger partial charge in [-0.05, 0) is 35.0 Å². The van der Waals surface area contributed by atoms with Crippen molar-refractivity contribution in [3.63, 3.8) is 0 Å². The average Bonchev–Trinajstić information content (AvgIpc) is 2.62. The van der Waals surface area contributed by atoms with Crippen LogP contribution in [0.1, 0.15) is 0 Å². The van der Waals surface area contributed by atoms with Gasteiger partial charge >= 0.3 is 16.1 Å². The van der Waals surface area contributed by atoms with Crippen molar-refractivity contribution in [1.82, 2.24) is 0 Å². The van der Waals surface area contributed by atoms with Crippen LogP contribution in [0.25, 0.3) is 10.8 Å². The molecule has 0 atom stereocenters. The lowest BCUT2D eigenvalue weighted by Gasteiger charge is -2.04. The molecule has 25 heavy (non-hydrogen) atoms. The summed E-state index contributed by atoms with van der Waals surface area (Å²) in [4.78, 5) is 11.8. The summed E-state index contributed by atoms with van der Waals surface area (Å²) in [5.41, 5.74) is 0. The van der Waals surface area contributed by atoms with Gasteiger partial charge in [-0.25, -0.2) is 4.79 Å². The van der Waals surface area contributed by atoms with Gasteiger partial charge in [0.25, 0.3) is 0 Å². The van der Waals surface area contributed by atoms with Crippen LogP contribution < -0.4 is 4.74 Å². The molecule has 126 valence electrons. The first-order chi connectivity index (χ1) is 12.0. The van der Waals surface area contributed by atoms with E-state index in [1.165, 1.54) is 12.1 Å². The third kappa shape index (κ3) is 4.24. The Hall–Kier alpha value is -3.12. The van der Waals surface area contributed by atoms with E-state index in [1.807, 2.05) is 30.3 Å². The summed E-state index contributed by atoms with van der Waals surface area (Å²) in [6.07, 6.45) is 1.71. The average molecular weight is 354 g/mol. The molecule has 0 bridgehead atoms. The highest BCUT2D eigenvalue weighted by Gasteiger charge is 2.13. The maximum absolute atomic E-state index is 11.9. The van der Waals surface area contributed by atoms with Crippen molar-refractivity contribution in [2.45, 2.75) is 4.90 Å². The third-order valence-corrected chi connectivity index (χ3v) is 4.57. The maximum Gasteiger partial charge on any atom is 0.339 e. The quantitative estimate of drug-likeness (QED) is 0.230. The molecule has 0 aliphatic carbocycles. The van der Waals surface area contributed by atoms with Gasteiger partial charge in [-0.3, -0.25) is 0 Å². The molecular weight excluding hydrogens is 340 g/mol.